The highest BCUT2D eigenvalue weighted by molar-refractivity contribution is 9.10. The Morgan fingerprint density at radius 1 is 1.08 bits per heavy atom. The zero-order chi connectivity index (χ0) is 17.8. The Balaban J connectivity index is 1.62. The fraction of sp³-hybridized carbons (Fsp3) is 0.238. The first-order chi connectivity index (χ1) is 12.0. The highest BCUT2D eigenvalue weighted by atomic mass is 79.9. The number of hydrogen-bond donors (Lipinski definition) is 2. The van der Waals surface area contributed by atoms with Gasteiger partial charge in [0.1, 0.15) is 11.5 Å². The van der Waals surface area contributed by atoms with E-state index in [2.05, 4.69) is 34.2 Å². The van der Waals surface area contributed by atoms with Gasteiger partial charge in [-0.3, -0.25) is 0 Å². The summed E-state index contributed by atoms with van der Waals surface area (Å²) in [6.45, 7) is 4.60. The Morgan fingerprint density at radius 3 is 2.56 bits per heavy atom. The van der Waals surface area contributed by atoms with Crippen molar-refractivity contribution in [3.8, 4) is 11.3 Å². The van der Waals surface area contributed by atoms with Gasteiger partial charge in [0, 0.05) is 16.1 Å². The van der Waals surface area contributed by atoms with Crippen molar-refractivity contribution >= 4 is 15.9 Å². The topological polar surface area (TPSA) is 45.4 Å². The predicted octanol–water partition coefficient (Wildman–Crippen LogP) is 5.23. The molecule has 0 aliphatic rings. The maximum Gasteiger partial charge on any atom is 0.134 e. The van der Waals surface area contributed by atoms with Gasteiger partial charge in [-0.25, -0.2) is 0 Å². The minimum atomic E-state index is -0.551. The second-order valence-electron chi connectivity index (χ2n) is 6.26. The Hall–Kier alpha value is -1.88. The quantitative estimate of drug-likeness (QED) is 0.596. The van der Waals surface area contributed by atoms with Crippen LogP contribution in [0.15, 0.2) is 69.6 Å². The zero-order valence-corrected chi connectivity index (χ0v) is 16.0. The van der Waals surface area contributed by atoms with Gasteiger partial charge in [-0.15, -0.1) is 0 Å². The molecule has 25 heavy (non-hydrogen) atoms. The van der Waals surface area contributed by atoms with Gasteiger partial charge < -0.3 is 14.8 Å². The highest BCUT2D eigenvalue weighted by Gasteiger charge is 2.16. The lowest BCUT2D eigenvalue weighted by atomic mass is 10.0. The zero-order valence-electron chi connectivity index (χ0n) is 14.4. The van der Waals surface area contributed by atoms with Gasteiger partial charge in [0.2, 0.25) is 0 Å². The molecule has 130 valence electrons. The van der Waals surface area contributed by atoms with Crippen LogP contribution in [-0.2, 0) is 6.54 Å². The van der Waals surface area contributed by atoms with Crippen molar-refractivity contribution in [3.05, 3.63) is 82.0 Å². The summed E-state index contributed by atoms with van der Waals surface area (Å²) < 4.78 is 7.03. The van der Waals surface area contributed by atoms with E-state index in [1.807, 2.05) is 61.5 Å². The standard InChI is InChI=1S/C21H22BrNO2/c1-14-12-17(8-10-19(14)22)20-11-9-18(25-20)13-23-15(2)21(24)16-6-4-3-5-7-16/h3-12,15,21,23-24H,13H2,1-2H3. The molecule has 3 aromatic rings. The largest absolute Gasteiger partial charge is 0.460 e. The van der Waals surface area contributed by atoms with Crippen molar-refractivity contribution in [2.75, 3.05) is 0 Å². The van der Waals surface area contributed by atoms with Crippen molar-refractivity contribution < 1.29 is 9.52 Å². The van der Waals surface area contributed by atoms with E-state index < -0.39 is 6.10 Å². The highest BCUT2D eigenvalue weighted by Crippen LogP contribution is 2.27. The van der Waals surface area contributed by atoms with Crippen LogP contribution in [0.1, 0.15) is 29.9 Å². The molecule has 0 fully saturated rings. The van der Waals surface area contributed by atoms with Crippen LogP contribution in [0.3, 0.4) is 0 Å². The van der Waals surface area contributed by atoms with Gasteiger partial charge >= 0.3 is 0 Å². The van der Waals surface area contributed by atoms with E-state index in [1.165, 1.54) is 5.56 Å². The number of nitrogens with one attached hydrogen (secondary N) is 1. The molecular formula is C21H22BrNO2. The van der Waals surface area contributed by atoms with Gasteiger partial charge in [-0.1, -0.05) is 52.3 Å². The summed E-state index contributed by atoms with van der Waals surface area (Å²) in [6.07, 6.45) is -0.551. The first-order valence-corrected chi connectivity index (χ1v) is 9.15. The maximum absolute atomic E-state index is 10.4. The molecule has 2 unspecified atom stereocenters. The Labute approximate surface area is 156 Å². The van der Waals surface area contributed by atoms with Crippen LogP contribution >= 0.6 is 15.9 Å². The number of furan rings is 1. The lowest BCUT2D eigenvalue weighted by Crippen LogP contribution is -2.31. The number of aliphatic hydroxyl groups is 1. The first-order valence-electron chi connectivity index (χ1n) is 8.36. The van der Waals surface area contributed by atoms with E-state index in [1.54, 1.807) is 0 Å². The summed E-state index contributed by atoms with van der Waals surface area (Å²) in [6, 6.07) is 19.7. The van der Waals surface area contributed by atoms with Crippen molar-refractivity contribution in [1.82, 2.24) is 5.32 Å². The van der Waals surface area contributed by atoms with Crippen molar-refractivity contribution in [1.29, 1.82) is 0 Å². The molecule has 1 aromatic heterocycles. The Bertz CT molecular complexity index is 829. The molecule has 0 aliphatic heterocycles. The van der Waals surface area contributed by atoms with Gasteiger partial charge in [0.15, 0.2) is 0 Å². The molecule has 2 atom stereocenters. The van der Waals surface area contributed by atoms with Crippen molar-refractivity contribution in [3.63, 3.8) is 0 Å². The molecule has 0 saturated heterocycles. The van der Waals surface area contributed by atoms with Crippen LogP contribution in [0.5, 0.6) is 0 Å². The summed E-state index contributed by atoms with van der Waals surface area (Å²) in [5.41, 5.74) is 3.14. The lowest BCUT2D eigenvalue weighted by Gasteiger charge is -2.20. The lowest BCUT2D eigenvalue weighted by molar-refractivity contribution is 0.134. The van der Waals surface area contributed by atoms with Crippen LogP contribution in [0.25, 0.3) is 11.3 Å². The average Bonchev–Trinajstić information content (AvgIpc) is 3.11. The number of aryl methyl sites for hydroxylation is 1. The predicted molar refractivity (Wildman–Crippen MR) is 104 cm³/mol. The Morgan fingerprint density at radius 2 is 1.84 bits per heavy atom. The molecule has 0 aliphatic carbocycles. The fourth-order valence-electron chi connectivity index (χ4n) is 2.74. The number of rotatable bonds is 6. The molecule has 0 spiro atoms. The number of halogens is 1. The molecule has 0 saturated carbocycles. The van der Waals surface area contributed by atoms with Crippen molar-refractivity contribution in [2.45, 2.75) is 32.5 Å². The van der Waals surface area contributed by atoms with Gasteiger partial charge in [-0.05, 0) is 49.2 Å². The molecule has 0 bridgehead atoms. The molecular weight excluding hydrogens is 378 g/mol. The van der Waals surface area contributed by atoms with E-state index in [0.29, 0.717) is 6.54 Å². The van der Waals surface area contributed by atoms with Gasteiger partial charge in [0.25, 0.3) is 0 Å². The third kappa shape index (κ3) is 4.40. The van der Waals surface area contributed by atoms with E-state index >= 15 is 0 Å². The molecule has 3 rings (SSSR count). The Kier molecular flexibility index (Phi) is 5.74. The third-order valence-corrected chi connectivity index (χ3v) is 5.21. The molecule has 3 nitrogen and oxygen atoms in total. The SMILES string of the molecule is Cc1cc(-c2ccc(CNC(C)C(O)c3ccccc3)o2)ccc1Br. The molecule has 1 heterocycles. The first kappa shape index (κ1) is 17.9. The number of benzene rings is 2. The smallest absolute Gasteiger partial charge is 0.134 e. The summed E-state index contributed by atoms with van der Waals surface area (Å²) in [7, 11) is 0. The van der Waals surface area contributed by atoms with Crippen LogP contribution in [0, 0.1) is 6.92 Å². The average molecular weight is 400 g/mol. The molecule has 0 radical (unpaired) electrons. The third-order valence-electron chi connectivity index (χ3n) is 4.32. The molecule has 4 heteroatoms. The fourth-order valence-corrected chi connectivity index (χ4v) is 2.98. The summed E-state index contributed by atoms with van der Waals surface area (Å²) >= 11 is 3.52. The minimum absolute atomic E-state index is 0.0779. The second kappa shape index (κ2) is 8.00. The minimum Gasteiger partial charge on any atom is -0.460 e. The molecule has 2 N–H and O–H groups in total. The summed E-state index contributed by atoms with van der Waals surface area (Å²) in [4.78, 5) is 0. The monoisotopic (exact) mass is 399 g/mol. The number of hydrogen-bond acceptors (Lipinski definition) is 3. The number of aliphatic hydroxyl groups excluding tert-OH is 1. The molecule has 0 amide bonds. The van der Waals surface area contributed by atoms with E-state index in [0.717, 1.165) is 27.1 Å². The van der Waals surface area contributed by atoms with Crippen LogP contribution in [0.2, 0.25) is 0 Å². The van der Waals surface area contributed by atoms with Crippen molar-refractivity contribution in [2.24, 2.45) is 0 Å². The normalized spacial score (nSPS) is 13.6. The summed E-state index contributed by atoms with van der Waals surface area (Å²) in [5.74, 6) is 1.70. The van der Waals surface area contributed by atoms with Gasteiger partial charge in [-0.2, -0.15) is 0 Å². The molecule has 2 aromatic carbocycles. The van der Waals surface area contributed by atoms with Crippen LogP contribution in [-0.4, -0.2) is 11.1 Å². The summed E-state index contributed by atoms with van der Waals surface area (Å²) in [5, 5.41) is 13.7. The van der Waals surface area contributed by atoms with Crippen LogP contribution in [0.4, 0.5) is 0 Å². The van der Waals surface area contributed by atoms with Crippen LogP contribution < -0.4 is 5.32 Å². The maximum atomic E-state index is 10.4. The van der Waals surface area contributed by atoms with E-state index in [4.69, 9.17) is 4.42 Å². The van der Waals surface area contributed by atoms with E-state index in [-0.39, 0.29) is 6.04 Å². The second-order valence-corrected chi connectivity index (χ2v) is 7.11. The van der Waals surface area contributed by atoms with Gasteiger partial charge in [0.05, 0.1) is 12.6 Å². The van der Waals surface area contributed by atoms with E-state index in [9.17, 15) is 5.11 Å².